The fourth-order valence-electron chi connectivity index (χ4n) is 1.29. The molecular formula is C11H18N4O2S. The van der Waals surface area contributed by atoms with E-state index >= 15 is 0 Å². The molecule has 0 fully saturated rings. The zero-order valence-corrected chi connectivity index (χ0v) is 11.7. The maximum Gasteiger partial charge on any atom is 0.427 e. The van der Waals surface area contributed by atoms with Gasteiger partial charge in [0.2, 0.25) is 0 Å². The van der Waals surface area contributed by atoms with Gasteiger partial charge in [-0.2, -0.15) is 5.10 Å². The van der Waals surface area contributed by atoms with Crippen LogP contribution in [0.4, 0.5) is 9.93 Å². The molecular weight excluding hydrogens is 252 g/mol. The number of thiazole rings is 1. The van der Waals surface area contributed by atoms with E-state index in [0.29, 0.717) is 6.61 Å². The number of hydrogen-bond acceptors (Lipinski definition) is 6. The monoisotopic (exact) mass is 270 g/mol. The Bertz CT molecular complexity index is 402. The molecule has 1 heterocycles. The van der Waals surface area contributed by atoms with Gasteiger partial charge in [-0.05, 0) is 20.8 Å². The van der Waals surface area contributed by atoms with Crippen LogP contribution in [0.25, 0.3) is 0 Å². The standard InChI is InChI=1S/C11H18N4O2S/c1-4-15(5-2)10-12-7-9(18-10)8-13-14-11(16)17-6-3/h7-8H,4-6H2,1-3H3,(H,14,16)/b13-8-. The second-order valence-electron chi connectivity index (χ2n) is 3.31. The van der Waals surface area contributed by atoms with Gasteiger partial charge < -0.3 is 9.64 Å². The molecule has 6 nitrogen and oxygen atoms in total. The van der Waals surface area contributed by atoms with Crippen molar-refractivity contribution in [1.29, 1.82) is 0 Å². The third-order valence-corrected chi connectivity index (χ3v) is 3.16. The Morgan fingerprint density at radius 3 is 2.89 bits per heavy atom. The summed E-state index contributed by atoms with van der Waals surface area (Å²) in [7, 11) is 0. The molecule has 0 saturated carbocycles. The van der Waals surface area contributed by atoms with Crippen LogP contribution in [0, 0.1) is 0 Å². The summed E-state index contributed by atoms with van der Waals surface area (Å²) in [6.45, 7) is 8.07. The van der Waals surface area contributed by atoms with Crippen molar-refractivity contribution in [2.45, 2.75) is 20.8 Å². The molecule has 100 valence electrons. The number of hydrogen-bond donors (Lipinski definition) is 1. The number of carbonyl (C=O) groups is 1. The minimum atomic E-state index is -0.553. The summed E-state index contributed by atoms with van der Waals surface area (Å²) in [6, 6.07) is 0. The number of amides is 1. The average Bonchev–Trinajstić information content (AvgIpc) is 2.80. The molecule has 0 bridgehead atoms. The number of ether oxygens (including phenoxy) is 1. The van der Waals surface area contributed by atoms with Gasteiger partial charge in [0.1, 0.15) is 0 Å². The number of aromatic nitrogens is 1. The molecule has 0 saturated heterocycles. The van der Waals surface area contributed by atoms with Gasteiger partial charge in [0.05, 0.1) is 17.7 Å². The SMILES string of the molecule is CCOC(=O)N/N=C\c1cnc(N(CC)CC)s1. The van der Waals surface area contributed by atoms with E-state index in [2.05, 4.69) is 39.0 Å². The van der Waals surface area contributed by atoms with Crippen LogP contribution in [0.2, 0.25) is 0 Å². The van der Waals surface area contributed by atoms with Crippen molar-refractivity contribution in [3.05, 3.63) is 11.1 Å². The van der Waals surface area contributed by atoms with Gasteiger partial charge in [0.15, 0.2) is 5.13 Å². The second-order valence-corrected chi connectivity index (χ2v) is 4.35. The van der Waals surface area contributed by atoms with Crippen LogP contribution >= 0.6 is 11.3 Å². The predicted octanol–water partition coefficient (Wildman–Crippen LogP) is 2.07. The Hall–Kier alpha value is -1.63. The minimum absolute atomic E-state index is 0.327. The molecule has 1 rings (SSSR count). The first-order chi connectivity index (χ1) is 8.71. The van der Waals surface area contributed by atoms with Crippen LogP contribution < -0.4 is 10.3 Å². The van der Waals surface area contributed by atoms with Gasteiger partial charge >= 0.3 is 6.09 Å². The van der Waals surface area contributed by atoms with Crippen LogP contribution in [0.3, 0.4) is 0 Å². The van der Waals surface area contributed by atoms with Crippen LogP contribution in [0.5, 0.6) is 0 Å². The number of nitrogens with one attached hydrogen (secondary N) is 1. The van der Waals surface area contributed by atoms with Gasteiger partial charge in [0, 0.05) is 19.3 Å². The van der Waals surface area contributed by atoms with E-state index in [1.807, 2.05) is 0 Å². The summed E-state index contributed by atoms with van der Waals surface area (Å²) < 4.78 is 4.67. The normalized spacial score (nSPS) is 10.6. The fraction of sp³-hybridized carbons (Fsp3) is 0.545. The molecule has 1 aromatic heterocycles. The lowest BCUT2D eigenvalue weighted by Crippen LogP contribution is -2.21. The number of anilines is 1. The zero-order valence-electron chi connectivity index (χ0n) is 10.8. The van der Waals surface area contributed by atoms with Crippen LogP contribution in [0.1, 0.15) is 25.6 Å². The quantitative estimate of drug-likeness (QED) is 0.634. The lowest BCUT2D eigenvalue weighted by molar-refractivity contribution is 0.152. The average molecular weight is 270 g/mol. The highest BCUT2D eigenvalue weighted by Crippen LogP contribution is 2.20. The van der Waals surface area contributed by atoms with Gasteiger partial charge in [-0.3, -0.25) is 0 Å². The number of hydrazone groups is 1. The molecule has 7 heteroatoms. The molecule has 0 aromatic carbocycles. The third-order valence-electron chi connectivity index (χ3n) is 2.17. The van der Waals surface area contributed by atoms with E-state index in [-0.39, 0.29) is 0 Å². The van der Waals surface area contributed by atoms with Crippen LogP contribution in [0.15, 0.2) is 11.3 Å². The van der Waals surface area contributed by atoms with Crippen molar-refractivity contribution < 1.29 is 9.53 Å². The lowest BCUT2D eigenvalue weighted by atomic mass is 10.6. The fourth-order valence-corrected chi connectivity index (χ4v) is 2.20. The Balaban J connectivity index is 2.53. The summed E-state index contributed by atoms with van der Waals surface area (Å²) in [5.74, 6) is 0. The first kappa shape index (κ1) is 14.4. The molecule has 0 aliphatic rings. The maximum atomic E-state index is 11.0. The van der Waals surface area contributed by atoms with Crippen molar-refractivity contribution in [1.82, 2.24) is 10.4 Å². The third kappa shape index (κ3) is 4.33. The molecule has 18 heavy (non-hydrogen) atoms. The largest absolute Gasteiger partial charge is 0.449 e. The summed E-state index contributed by atoms with van der Waals surface area (Å²) in [5.41, 5.74) is 2.27. The highest BCUT2D eigenvalue weighted by Gasteiger charge is 2.06. The summed E-state index contributed by atoms with van der Waals surface area (Å²) >= 11 is 1.53. The highest BCUT2D eigenvalue weighted by molar-refractivity contribution is 7.17. The van der Waals surface area contributed by atoms with Crippen molar-refractivity contribution in [2.75, 3.05) is 24.6 Å². The predicted molar refractivity (Wildman–Crippen MR) is 73.4 cm³/mol. The van der Waals surface area contributed by atoms with Gasteiger partial charge in [-0.25, -0.2) is 15.2 Å². The van der Waals surface area contributed by atoms with Crippen molar-refractivity contribution >= 4 is 28.8 Å². The first-order valence-electron chi connectivity index (χ1n) is 5.87. The van der Waals surface area contributed by atoms with E-state index in [1.54, 1.807) is 19.3 Å². The van der Waals surface area contributed by atoms with E-state index in [9.17, 15) is 4.79 Å². The number of rotatable bonds is 6. The number of carbonyl (C=O) groups excluding carboxylic acids is 1. The molecule has 0 aliphatic heterocycles. The van der Waals surface area contributed by atoms with Crippen molar-refractivity contribution in [3.63, 3.8) is 0 Å². The van der Waals surface area contributed by atoms with Gasteiger partial charge in [-0.1, -0.05) is 11.3 Å². The van der Waals surface area contributed by atoms with E-state index in [1.165, 1.54) is 11.3 Å². The molecule has 1 N–H and O–H groups in total. The Morgan fingerprint density at radius 2 is 2.28 bits per heavy atom. The van der Waals surface area contributed by atoms with Crippen molar-refractivity contribution in [3.8, 4) is 0 Å². The Morgan fingerprint density at radius 1 is 1.56 bits per heavy atom. The second kappa shape index (κ2) is 7.65. The lowest BCUT2D eigenvalue weighted by Gasteiger charge is -2.16. The van der Waals surface area contributed by atoms with E-state index < -0.39 is 6.09 Å². The first-order valence-corrected chi connectivity index (χ1v) is 6.69. The van der Waals surface area contributed by atoms with Gasteiger partial charge in [-0.15, -0.1) is 0 Å². The van der Waals surface area contributed by atoms with Crippen LogP contribution in [-0.2, 0) is 4.74 Å². The molecule has 0 spiro atoms. The Kier molecular flexibility index (Phi) is 6.13. The minimum Gasteiger partial charge on any atom is -0.449 e. The zero-order chi connectivity index (χ0) is 13.4. The summed E-state index contributed by atoms with van der Waals surface area (Å²) in [6.07, 6.45) is 2.73. The molecule has 0 unspecified atom stereocenters. The molecule has 0 radical (unpaired) electrons. The van der Waals surface area contributed by atoms with Crippen LogP contribution in [-0.4, -0.2) is 37.0 Å². The maximum absolute atomic E-state index is 11.0. The molecule has 1 aromatic rings. The summed E-state index contributed by atoms with van der Waals surface area (Å²) in [4.78, 5) is 18.3. The Labute approximate surface area is 111 Å². The molecule has 0 aliphatic carbocycles. The highest BCUT2D eigenvalue weighted by atomic mass is 32.1. The van der Waals surface area contributed by atoms with E-state index in [0.717, 1.165) is 23.1 Å². The van der Waals surface area contributed by atoms with Crippen molar-refractivity contribution in [2.24, 2.45) is 5.10 Å². The molecule has 0 atom stereocenters. The number of nitrogens with zero attached hydrogens (tertiary/aromatic N) is 3. The topological polar surface area (TPSA) is 66.8 Å². The van der Waals surface area contributed by atoms with Gasteiger partial charge in [0.25, 0.3) is 0 Å². The summed E-state index contributed by atoms with van der Waals surface area (Å²) in [5, 5.41) is 4.74. The smallest absolute Gasteiger partial charge is 0.427 e. The molecule has 1 amide bonds. The van der Waals surface area contributed by atoms with E-state index in [4.69, 9.17) is 0 Å².